The van der Waals surface area contributed by atoms with Crippen LogP contribution in [0, 0.1) is 5.41 Å². The topological polar surface area (TPSA) is 75.9 Å². The van der Waals surface area contributed by atoms with Gasteiger partial charge in [0.15, 0.2) is 0 Å². The van der Waals surface area contributed by atoms with Crippen LogP contribution < -0.4 is 11.5 Å². The molecule has 0 fully saturated rings. The summed E-state index contributed by atoms with van der Waals surface area (Å²) < 4.78 is 0. The van der Waals surface area contributed by atoms with Gasteiger partial charge in [0.25, 0.3) is 0 Å². The Hall–Kier alpha value is -1.61. The van der Waals surface area contributed by atoms with Crippen LogP contribution >= 0.6 is 0 Å². The Morgan fingerprint density at radius 2 is 2.23 bits per heavy atom. The van der Waals surface area contributed by atoms with E-state index in [-0.39, 0.29) is 5.84 Å². The molecule has 1 rings (SSSR count). The van der Waals surface area contributed by atoms with E-state index in [1.54, 1.807) is 0 Å². The van der Waals surface area contributed by atoms with E-state index in [4.69, 9.17) is 16.9 Å². The van der Waals surface area contributed by atoms with Gasteiger partial charge in [-0.15, -0.1) is 0 Å². The van der Waals surface area contributed by atoms with Crippen molar-refractivity contribution in [3.05, 3.63) is 41.5 Å². The van der Waals surface area contributed by atoms with Crippen LogP contribution in [0.15, 0.2) is 30.3 Å². The fourth-order valence-corrected chi connectivity index (χ4v) is 1.01. The molecular weight excluding hydrogens is 162 g/mol. The molecule has 0 atom stereocenters. The van der Waals surface area contributed by atoms with Crippen molar-refractivity contribution in [1.29, 1.82) is 5.41 Å². The molecular formula is C10H13N3. The van der Waals surface area contributed by atoms with Crippen molar-refractivity contribution in [1.82, 2.24) is 0 Å². The normalized spacial score (nSPS) is 10.5. The number of nitrogen functional groups attached to an aromatic ring is 1. The molecule has 5 N–H and O–H groups in total. The summed E-state index contributed by atoms with van der Waals surface area (Å²) in [7, 11) is 0. The Morgan fingerprint density at radius 3 is 2.85 bits per heavy atom. The molecule has 0 aliphatic rings. The minimum atomic E-state index is 0.0861. The SMILES string of the molecule is N=C(N)c1cccc(C=CCN)c1. The minimum absolute atomic E-state index is 0.0861. The van der Waals surface area contributed by atoms with Gasteiger partial charge < -0.3 is 11.5 Å². The Bertz CT molecular complexity index is 329. The largest absolute Gasteiger partial charge is 0.384 e. The van der Waals surface area contributed by atoms with Gasteiger partial charge in [0.2, 0.25) is 0 Å². The summed E-state index contributed by atoms with van der Waals surface area (Å²) in [6.07, 6.45) is 3.77. The molecule has 0 saturated heterocycles. The first-order chi connectivity index (χ1) is 6.24. The van der Waals surface area contributed by atoms with Gasteiger partial charge in [0, 0.05) is 12.1 Å². The third-order valence-corrected chi connectivity index (χ3v) is 1.64. The molecule has 0 bridgehead atoms. The number of hydrogen-bond donors (Lipinski definition) is 3. The Morgan fingerprint density at radius 1 is 1.46 bits per heavy atom. The van der Waals surface area contributed by atoms with E-state index in [2.05, 4.69) is 0 Å². The maximum atomic E-state index is 7.24. The Labute approximate surface area is 77.6 Å². The van der Waals surface area contributed by atoms with Crippen LogP contribution in [0.5, 0.6) is 0 Å². The van der Waals surface area contributed by atoms with Crippen molar-refractivity contribution in [3.8, 4) is 0 Å². The van der Waals surface area contributed by atoms with Crippen LogP contribution in [0.1, 0.15) is 11.1 Å². The zero-order chi connectivity index (χ0) is 9.68. The smallest absolute Gasteiger partial charge is 0.122 e. The first kappa shape index (κ1) is 9.48. The van der Waals surface area contributed by atoms with E-state index in [0.717, 1.165) is 11.1 Å². The molecule has 1 aromatic rings. The lowest BCUT2D eigenvalue weighted by Crippen LogP contribution is -2.10. The van der Waals surface area contributed by atoms with Gasteiger partial charge >= 0.3 is 0 Å². The molecule has 13 heavy (non-hydrogen) atoms. The highest BCUT2D eigenvalue weighted by molar-refractivity contribution is 5.95. The number of benzene rings is 1. The van der Waals surface area contributed by atoms with Crippen LogP contribution in [0.25, 0.3) is 6.08 Å². The molecule has 0 unspecified atom stereocenters. The molecule has 0 radical (unpaired) electrons. The third kappa shape index (κ3) is 2.72. The summed E-state index contributed by atoms with van der Waals surface area (Å²) in [6.45, 7) is 0.518. The van der Waals surface area contributed by atoms with Crippen molar-refractivity contribution < 1.29 is 0 Å². The zero-order valence-corrected chi connectivity index (χ0v) is 7.33. The molecule has 0 spiro atoms. The van der Waals surface area contributed by atoms with Crippen molar-refractivity contribution >= 4 is 11.9 Å². The molecule has 1 aromatic carbocycles. The maximum absolute atomic E-state index is 7.24. The van der Waals surface area contributed by atoms with Crippen LogP contribution in [0.3, 0.4) is 0 Å². The van der Waals surface area contributed by atoms with E-state index in [9.17, 15) is 0 Å². The molecule has 0 aromatic heterocycles. The predicted molar refractivity (Wildman–Crippen MR) is 55.5 cm³/mol. The van der Waals surface area contributed by atoms with Crippen LogP contribution in [-0.2, 0) is 0 Å². The minimum Gasteiger partial charge on any atom is -0.384 e. The van der Waals surface area contributed by atoms with Crippen molar-refractivity contribution in [3.63, 3.8) is 0 Å². The molecule has 0 aliphatic heterocycles. The molecule has 0 aliphatic carbocycles. The highest BCUT2D eigenvalue weighted by Crippen LogP contribution is 2.05. The number of nitrogens with one attached hydrogen (secondary N) is 1. The summed E-state index contributed by atoms with van der Waals surface area (Å²) in [5.41, 5.74) is 12.4. The number of nitrogens with two attached hydrogens (primary N) is 2. The van der Waals surface area contributed by atoms with Crippen LogP contribution in [0.2, 0.25) is 0 Å². The Balaban J connectivity index is 2.92. The second kappa shape index (κ2) is 4.42. The van der Waals surface area contributed by atoms with Gasteiger partial charge in [-0.1, -0.05) is 30.4 Å². The average Bonchev–Trinajstić information content (AvgIpc) is 2.15. The molecule has 68 valence electrons. The first-order valence-corrected chi connectivity index (χ1v) is 4.05. The highest BCUT2D eigenvalue weighted by atomic mass is 14.7. The standard InChI is InChI=1S/C10H13N3/c11-6-2-4-8-3-1-5-9(7-8)10(12)13/h1-5,7H,6,11H2,(H3,12,13). The fourth-order valence-electron chi connectivity index (χ4n) is 1.01. The summed E-state index contributed by atoms with van der Waals surface area (Å²) in [5.74, 6) is 0.0861. The van der Waals surface area contributed by atoms with Crippen molar-refractivity contribution in [2.24, 2.45) is 11.5 Å². The predicted octanol–water partition coefficient (Wildman–Crippen LogP) is 0.943. The molecule has 0 amide bonds. The van der Waals surface area contributed by atoms with E-state index < -0.39 is 0 Å². The van der Waals surface area contributed by atoms with Gasteiger partial charge in [0.05, 0.1) is 0 Å². The lowest BCUT2D eigenvalue weighted by Gasteiger charge is -1.98. The van der Waals surface area contributed by atoms with Crippen molar-refractivity contribution in [2.45, 2.75) is 0 Å². The van der Waals surface area contributed by atoms with Gasteiger partial charge in [0.1, 0.15) is 5.84 Å². The molecule has 3 heteroatoms. The van der Waals surface area contributed by atoms with Crippen LogP contribution in [0.4, 0.5) is 0 Å². The van der Waals surface area contributed by atoms with E-state index in [1.807, 2.05) is 36.4 Å². The van der Waals surface area contributed by atoms with E-state index in [1.165, 1.54) is 0 Å². The summed E-state index contributed by atoms with van der Waals surface area (Å²) in [6, 6.07) is 7.47. The maximum Gasteiger partial charge on any atom is 0.122 e. The average molecular weight is 175 g/mol. The lowest BCUT2D eigenvalue weighted by molar-refractivity contribution is 1.26. The number of amidine groups is 1. The van der Waals surface area contributed by atoms with E-state index in [0.29, 0.717) is 6.54 Å². The Kier molecular flexibility index (Phi) is 3.23. The summed E-state index contributed by atoms with van der Waals surface area (Å²) >= 11 is 0. The second-order valence-corrected chi connectivity index (χ2v) is 2.68. The van der Waals surface area contributed by atoms with Gasteiger partial charge in [-0.25, -0.2) is 0 Å². The van der Waals surface area contributed by atoms with E-state index >= 15 is 0 Å². The fraction of sp³-hybridized carbons (Fsp3) is 0.100. The zero-order valence-electron chi connectivity index (χ0n) is 7.33. The van der Waals surface area contributed by atoms with Gasteiger partial charge in [-0.05, 0) is 11.6 Å². The lowest BCUT2D eigenvalue weighted by atomic mass is 10.1. The van der Waals surface area contributed by atoms with Gasteiger partial charge in [-0.3, -0.25) is 5.41 Å². The van der Waals surface area contributed by atoms with Crippen molar-refractivity contribution in [2.75, 3.05) is 6.54 Å². The number of hydrogen-bond acceptors (Lipinski definition) is 2. The second-order valence-electron chi connectivity index (χ2n) is 2.68. The quantitative estimate of drug-likeness (QED) is 0.472. The van der Waals surface area contributed by atoms with Crippen LogP contribution in [-0.4, -0.2) is 12.4 Å². The van der Waals surface area contributed by atoms with Gasteiger partial charge in [-0.2, -0.15) is 0 Å². The highest BCUT2D eigenvalue weighted by Gasteiger charge is 1.94. The molecule has 0 heterocycles. The summed E-state index contributed by atoms with van der Waals surface area (Å²) in [4.78, 5) is 0. The third-order valence-electron chi connectivity index (χ3n) is 1.64. The summed E-state index contributed by atoms with van der Waals surface area (Å²) in [5, 5.41) is 7.24. The first-order valence-electron chi connectivity index (χ1n) is 4.05. The number of rotatable bonds is 3. The monoisotopic (exact) mass is 175 g/mol. The molecule has 0 saturated carbocycles. The molecule has 3 nitrogen and oxygen atoms in total.